The standard InChI is InChI=1S/C21H20N2O6S/c1-28-15-7-5-6-14(12-15)21(25)22-18-13-16(10-11-19(18)24)30(26,27)23-17-8-3-4-9-20(17)29-2/h3-13,23-24H,1-2H3,(H,22,25). The number of carbonyl (C=O) groups is 1. The third-order valence-corrected chi connectivity index (χ3v) is 5.57. The first-order chi connectivity index (χ1) is 14.3. The SMILES string of the molecule is COc1cccc(C(=O)Nc2cc(S(=O)(=O)Nc3ccccc3OC)ccc2O)c1. The molecule has 0 unspecified atom stereocenters. The average molecular weight is 428 g/mol. The molecule has 9 heteroatoms. The summed E-state index contributed by atoms with van der Waals surface area (Å²) in [5.74, 6) is 0.0366. The van der Waals surface area contributed by atoms with E-state index in [4.69, 9.17) is 9.47 Å². The summed E-state index contributed by atoms with van der Waals surface area (Å²) in [7, 11) is -1.10. The Hall–Kier alpha value is -3.72. The van der Waals surface area contributed by atoms with Gasteiger partial charge < -0.3 is 19.9 Å². The van der Waals surface area contributed by atoms with Gasteiger partial charge in [0.05, 0.1) is 30.5 Å². The van der Waals surface area contributed by atoms with Gasteiger partial charge in [-0.05, 0) is 48.5 Å². The molecule has 0 spiro atoms. The second-order valence-electron chi connectivity index (χ2n) is 6.17. The largest absolute Gasteiger partial charge is 0.506 e. The summed E-state index contributed by atoms with van der Waals surface area (Å²) in [5, 5.41) is 12.6. The molecule has 0 radical (unpaired) electrons. The van der Waals surface area contributed by atoms with Crippen molar-refractivity contribution in [2.24, 2.45) is 0 Å². The highest BCUT2D eigenvalue weighted by molar-refractivity contribution is 7.92. The van der Waals surface area contributed by atoms with Crippen LogP contribution in [0.4, 0.5) is 11.4 Å². The summed E-state index contributed by atoms with van der Waals surface area (Å²) in [6.45, 7) is 0. The summed E-state index contributed by atoms with van der Waals surface area (Å²) in [5.41, 5.74) is 0.495. The first-order valence-corrected chi connectivity index (χ1v) is 10.3. The van der Waals surface area contributed by atoms with E-state index >= 15 is 0 Å². The molecular formula is C21H20N2O6S. The predicted octanol–water partition coefficient (Wildman–Crippen LogP) is 3.46. The Labute approximate surface area is 174 Å². The predicted molar refractivity (Wildman–Crippen MR) is 113 cm³/mol. The van der Waals surface area contributed by atoms with E-state index in [9.17, 15) is 18.3 Å². The number of hydrogen-bond donors (Lipinski definition) is 3. The molecule has 0 fully saturated rings. The number of ether oxygens (including phenoxy) is 2. The Balaban J connectivity index is 1.88. The molecule has 0 saturated carbocycles. The monoisotopic (exact) mass is 428 g/mol. The lowest BCUT2D eigenvalue weighted by Gasteiger charge is -2.13. The van der Waals surface area contributed by atoms with E-state index in [0.717, 1.165) is 0 Å². The summed E-state index contributed by atoms with van der Waals surface area (Å²) < 4.78 is 38.3. The van der Waals surface area contributed by atoms with Crippen molar-refractivity contribution in [2.75, 3.05) is 24.3 Å². The summed E-state index contributed by atoms with van der Waals surface area (Å²) in [4.78, 5) is 12.4. The third-order valence-electron chi connectivity index (χ3n) is 4.21. The molecule has 0 aliphatic heterocycles. The Morgan fingerprint density at radius 3 is 2.40 bits per heavy atom. The Bertz CT molecular complexity index is 1180. The van der Waals surface area contributed by atoms with E-state index < -0.39 is 15.9 Å². The van der Waals surface area contributed by atoms with Gasteiger partial charge in [0, 0.05) is 5.56 Å². The molecule has 0 saturated heterocycles. The van der Waals surface area contributed by atoms with Gasteiger partial charge in [0.2, 0.25) is 0 Å². The molecule has 0 bridgehead atoms. The molecule has 8 nitrogen and oxygen atoms in total. The van der Waals surface area contributed by atoms with Gasteiger partial charge in [0.25, 0.3) is 15.9 Å². The number of para-hydroxylation sites is 2. The van der Waals surface area contributed by atoms with Crippen LogP contribution in [-0.2, 0) is 10.0 Å². The molecule has 30 heavy (non-hydrogen) atoms. The highest BCUT2D eigenvalue weighted by Crippen LogP contribution is 2.30. The number of hydrogen-bond acceptors (Lipinski definition) is 6. The Morgan fingerprint density at radius 1 is 0.900 bits per heavy atom. The molecule has 0 atom stereocenters. The van der Waals surface area contributed by atoms with Crippen LogP contribution in [-0.4, -0.2) is 33.7 Å². The Kier molecular flexibility index (Phi) is 6.12. The minimum absolute atomic E-state index is 0.0503. The lowest BCUT2D eigenvalue weighted by Crippen LogP contribution is -2.15. The number of anilines is 2. The quantitative estimate of drug-likeness (QED) is 0.497. The van der Waals surface area contributed by atoms with E-state index in [2.05, 4.69) is 10.0 Å². The van der Waals surface area contributed by atoms with E-state index in [-0.39, 0.29) is 27.6 Å². The van der Waals surface area contributed by atoms with Gasteiger partial charge in [-0.15, -0.1) is 0 Å². The van der Waals surface area contributed by atoms with Crippen LogP contribution in [0.25, 0.3) is 0 Å². The van der Waals surface area contributed by atoms with E-state index in [0.29, 0.717) is 11.5 Å². The maximum atomic E-state index is 12.8. The first-order valence-electron chi connectivity index (χ1n) is 8.78. The number of nitrogens with one attached hydrogen (secondary N) is 2. The number of aromatic hydroxyl groups is 1. The van der Waals surface area contributed by atoms with Gasteiger partial charge in [-0.3, -0.25) is 9.52 Å². The van der Waals surface area contributed by atoms with Crippen LogP contribution in [0.15, 0.2) is 71.6 Å². The Morgan fingerprint density at radius 2 is 1.67 bits per heavy atom. The summed E-state index contributed by atoms with van der Waals surface area (Å²) in [6, 6.07) is 16.6. The third kappa shape index (κ3) is 4.64. The van der Waals surface area contributed by atoms with Crippen molar-refractivity contribution in [3.63, 3.8) is 0 Å². The van der Waals surface area contributed by atoms with E-state index in [1.807, 2.05) is 0 Å². The molecule has 3 N–H and O–H groups in total. The van der Waals surface area contributed by atoms with Gasteiger partial charge >= 0.3 is 0 Å². The summed E-state index contributed by atoms with van der Waals surface area (Å²) in [6.07, 6.45) is 0. The zero-order valence-corrected chi connectivity index (χ0v) is 17.1. The normalized spacial score (nSPS) is 10.9. The van der Waals surface area contributed by atoms with Crippen molar-refractivity contribution in [3.8, 4) is 17.2 Å². The molecule has 1 amide bonds. The molecule has 0 heterocycles. The van der Waals surface area contributed by atoms with Gasteiger partial charge in [-0.1, -0.05) is 18.2 Å². The number of benzene rings is 3. The van der Waals surface area contributed by atoms with Crippen molar-refractivity contribution in [1.82, 2.24) is 0 Å². The summed E-state index contributed by atoms with van der Waals surface area (Å²) >= 11 is 0. The second-order valence-corrected chi connectivity index (χ2v) is 7.85. The highest BCUT2D eigenvalue weighted by atomic mass is 32.2. The highest BCUT2D eigenvalue weighted by Gasteiger charge is 2.19. The number of carbonyl (C=O) groups excluding carboxylic acids is 1. The van der Waals surface area contributed by atoms with Gasteiger partial charge in [-0.2, -0.15) is 0 Å². The van der Waals surface area contributed by atoms with Crippen molar-refractivity contribution >= 4 is 27.3 Å². The topological polar surface area (TPSA) is 114 Å². The molecule has 0 aromatic heterocycles. The van der Waals surface area contributed by atoms with E-state index in [1.165, 1.54) is 38.5 Å². The molecule has 156 valence electrons. The second kappa shape index (κ2) is 8.75. The fraction of sp³-hybridized carbons (Fsp3) is 0.0952. The van der Waals surface area contributed by atoms with Crippen LogP contribution in [0, 0.1) is 0 Å². The molecule has 3 rings (SSSR count). The lowest BCUT2D eigenvalue weighted by atomic mass is 10.2. The zero-order chi connectivity index (χ0) is 21.7. The fourth-order valence-electron chi connectivity index (χ4n) is 2.67. The van der Waals surface area contributed by atoms with Crippen molar-refractivity contribution < 1.29 is 27.8 Å². The average Bonchev–Trinajstić information content (AvgIpc) is 2.75. The zero-order valence-electron chi connectivity index (χ0n) is 16.2. The maximum Gasteiger partial charge on any atom is 0.262 e. The minimum Gasteiger partial charge on any atom is -0.506 e. The van der Waals surface area contributed by atoms with Crippen LogP contribution in [0.5, 0.6) is 17.2 Å². The number of phenolic OH excluding ortho intramolecular Hbond substituents is 1. The molecule has 3 aromatic carbocycles. The molecular weight excluding hydrogens is 408 g/mol. The minimum atomic E-state index is -4.01. The maximum absolute atomic E-state index is 12.8. The van der Waals surface area contributed by atoms with Gasteiger partial charge in [-0.25, -0.2) is 8.42 Å². The lowest BCUT2D eigenvalue weighted by molar-refractivity contribution is 0.102. The van der Waals surface area contributed by atoms with Crippen LogP contribution >= 0.6 is 0 Å². The number of sulfonamides is 1. The van der Waals surface area contributed by atoms with Gasteiger partial charge in [0.1, 0.15) is 17.2 Å². The van der Waals surface area contributed by atoms with Crippen LogP contribution < -0.4 is 19.5 Å². The molecule has 0 aliphatic rings. The van der Waals surface area contributed by atoms with Crippen molar-refractivity contribution in [3.05, 3.63) is 72.3 Å². The van der Waals surface area contributed by atoms with Crippen molar-refractivity contribution in [2.45, 2.75) is 4.90 Å². The molecule has 3 aromatic rings. The van der Waals surface area contributed by atoms with Crippen LogP contribution in [0.2, 0.25) is 0 Å². The smallest absolute Gasteiger partial charge is 0.262 e. The number of methoxy groups -OCH3 is 2. The number of rotatable bonds is 7. The number of amides is 1. The van der Waals surface area contributed by atoms with E-state index in [1.54, 1.807) is 42.5 Å². The first kappa shape index (κ1) is 21.0. The van der Waals surface area contributed by atoms with Gasteiger partial charge in [0.15, 0.2) is 0 Å². The number of phenols is 1. The van der Waals surface area contributed by atoms with Crippen molar-refractivity contribution in [1.29, 1.82) is 0 Å². The fourth-order valence-corrected chi connectivity index (χ4v) is 3.77. The van der Waals surface area contributed by atoms with Crippen LogP contribution in [0.1, 0.15) is 10.4 Å². The van der Waals surface area contributed by atoms with Crippen LogP contribution in [0.3, 0.4) is 0 Å². The molecule has 0 aliphatic carbocycles.